The summed E-state index contributed by atoms with van der Waals surface area (Å²) >= 11 is 0. The van der Waals surface area contributed by atoms with Crippen molar-refractivity contribution in [2.75, 3.05) is 32.7 Å². The van der Waals surface area contributed by atoms with Gasteiger partial charge in [-0.1, -0.05) is 43.2 Å². The summed E-state index contributed by atoms with van der Waals surface area (Å²) < 4.78 is 5.26. The van der Waals surface area contributed by atoms with E-state index in [4.69, 9.17) is 9.84 Å². The lowest BCUT2D eigenvalue weighted by Gasteiger charge is -2.42. The van der Waals surface area contributed by atoms with E-state index >= 15 is 0 Å². The van der Waals surface area contributed by atoms with Gasteiger partial charge in [-0.15, -0.1) is 0 Å². The van der Waals surface area contributed by atoms with Gasteiger partial charge in [0.2, 0.25) is 0 Å². The number of hydrogen-bond donors (Lipinski definition) is 2. The molecular weight excluding hydrogens is 338 g/mol. The van der Waals surface area contributed by atoms with Crippen LogP contribution in [0.1, 0.15) is 49.7 Å². The molecule has 1 saturated carbocycles. The second-order valence-corrected chi connectivity index (χ2v) is 7.22. The third kappa shape index (κ3) is 4.82. The number of anilines is 1. The number of aliphatic hydroxyl groups excluding tert-OH is 1. The van der Waals surface area contributed by atoms with Crippen molar-refractivity contribution in [3.63, 3.8) is 0 Å². The predicted molar refractivity (Wildman–Crippen MR) is 112 cm³/mol. The molecule has 4 nitrogen and oxygen atoms in total. The molecule has 0 aliphatic heterocycles. The fourth-order valence-corrected chi connectivity index (χ4v) is 3.98. The average molecular weight is 372 g/mol. The van der Waals surface area contributed by atoms with Crippen LogP contribution < -0.4 is 9.64 Å². The number of nitrogens with zero attached hydrogens (tertiary/aromatic N) is 1. The molecule has 0 spiro atoms. The molecule has 0 bridgehead atoms. The van der Waals surface area contributed by atoms with Crippen molar-refractivity contribution in [1.29, 1.82) is 0 Å². The Morgan fingerprint density at radius 3 is 2.30 bits per heavy atom. The first kappa shape index (κ1) is 21.3. The van der Waals surface area contributed by atoms with E-state index in [1.807, 2.05) is 24.3 Å². The van der Waals surface area contributed by atoms with Crippen molar-refractivity contribution in [3.05, 3.63) is 59.7 Å². The minimum atomic E-state index is -0.823. The van der Waals surface area contributed by atoms with Crippen LogP contribution in [0.4, 0.5) is 5.69 Å². The van der Waals surface area contributed by atoms with Crippen molar-refractivity contribution in [1.82, 2.24) is 0 Å². The summed E-state index contributed by atoms with van der Waals surface area (Å²) in [7, 11) is 5.79. The van der Waals surface area contributed by atoms with Gasteiger partial charge < -0.3 is 19.8 Å². The highest BCUT2D eigenvalue weighted by atomic mass is 16.5. The Bertz CT molecular complexity index is 699. The van der Waals surface area contributed by atoms with Gasteiger partial charge in [-0.05, 0) is 49.1 Å². The van der Waals surface area contributed by atoms with Crippen LogP contribution in [-0.4, -0.2) is 38.0 Å². The summed E-state index contributed by atoms with van der Waals surface area (Å²) in [5, 5.41) is 19.2. The fraction of sp³-hybridized carbons (Fsp3) is 0.478. The zero-order chi connectivity index (χ0) is 19.9. The molecule has 0 amide bonds. The van der Waals surface area contributed by atoms with Gasteiger partial charge in [0.15, 0.2) is 0 Å². The molecule has 1 aliphatic carbocycles. The van der Waals surface area contributed by atoms with Crippen LogP contribution in [0.5, 0.6) is 5.75 Å². The summed E-state index contributed by atoms with van der Waals surface area (Å²) in [6.45, 7) is 1.93. The zero-order valence-electron chi connectivity index (χ0n) is 17.0. The van der Waals surface area contributed by atoms with Crippen LogP contribution in [0, 0.1) is 0 Å². The maximum absolute atomic E-state index is 11.7. The van der Waals surface area contributed by atoms with Crippen molar-refractivity contribution < 1.29 is 14.9 Å². The number of ether oxygens (including phenoxy) is 1. The lowest BCUT2D eigenvalue weighted by molar-refractivity contribution is -0.0223. The van der Waals surface area contributed by atoms with Gasteiger partial charge >= 0.3 is 0 Å². The minimum Gasteiger partial charge on any atom is -0.497 e. The largest absolute Gasteiger partial charge is 0.497 e. The van der Waals surface area contributed by atoms with E-state index in [-0.39, 0.29) is 12.5 Å². The third-order valence-electron chi connectivity index (χ3n) is 5.26. The first-order valence-electron chi connectivity index (χ1n) is 9.72. The Hall–Kier alpha value is -2.04. The second-order valence-electron chi connectivity index (χ2n) is 7.22. The average Bonchev–Trinajstić information content (AvgIpc) is 2.69. The Labute approximate surface area is 163 Å². The quantitative estimate of drug-likeness (QED) is 0.841. The molecule has 0 radical (unpaired) electrons. The molecule has 3 rings (SSSR count). The maximum Gasteiger partial charge on any atom is 0.118 e. The lowest BCUT2D eigenvalue weighted by Crippen LogP contribution is -2.37. The highest BCUT2D eigenvalue weighted by Crippen LogP contribution is 2.49. The smallest absolute Gasteiger partial charge is 0.118 e. The number of benzene rings is 2. The van der Waals surface area contributed by atoms with Crippen LogP contribution in [0.2, 0.25) is 0 Å². The molecule has 2 N–H and O–H groups in total. The SMILES string of the molecule is CCO.COc1ccc(C2(O)CCCCC2c2ccccc2N(C)C)cc1. The molecule has 4 heteroatoms. The number of methoxy groups -OCH3 is 1. The van der Waals surface area contributed by atoms with E-state index < -0.39 is 5.60 Å². The van der Waals surface area contributed by atoms with E-state index in [2.05, 4.69) is 43.3 Å². The molecule has 2 aromatic rings. The highest BCUT2D eigenvalue weighted by molar-refractivity contribution is 5.55. The second kappa shape index (κ2) is 9.77. The molecule has 0 saturated heterocycles. The van der Waals surface area contributed by atoms with Crippen molar-refractivity contribution in [2.45, 2.75) is 44.1 Å². The van der Waals surface area contributed by atoms with Gasteiger partial charge in [-0.25, -0.2) is 0 Å². The number of aliphatic hydroxyl groups is 2. The van der Waals surface area contributed by atoms with Crippen LogP contribution in [0.15, 0.2) is 48.5 Å². The Kier molecular flexibility index (Phi) is 7.69. The van der Waals surface area contributed by atoms with Crippen molar-refractivity contribution in [2.24, 2.45) is 0 Å². The van der Waals surface area contributed by atoms with Crippen LogP contribution in [-0.2, 0) is 5.60 Å². The molecule has 148 valence electrons. The number of rotatable bonds is 4. The van der Waals surface area contributed by atoms with Gasteiger partial charge in [-0.2, -0.15) is 0 Å². The monoisotopic (exact) mass is 371 g/mol. The van der Waals surface area contributed by atoms with Gasteiger partial charge in [0.1, 0.15) is 5.75 Å². The van der Waals surface area contributed by atoms with E-state index in [1.54, 1.807) is 14.0 Å². The summed E-state index contributed by atoms with van der Waals surface area (Å²) in [6.07, 6.45) is 4.02. The Morgan fingerprint density at radius 2 is 1.70 bits per heavy atom. The van der Waals surface area contributed by atoms with Crippen molar-refractivity contribution in [3.8, 4) is 5.75 Å². The maximum atomic E-state index is 11.7. The molecule has 0 heterocycles. The Morgan fingerprint density at radius 1 is 1.07 bits per heavy atom. The van der Waals surface area contributed by atoms with E-state index in [1.165, 1.54) is 11.3 Å². The highest BCUT2D eigenvalue weighted by Gasteiger charge is 2.42. The van der Waals surface area contributed by atoms with Crippen LogP contribution in [0.3, 0.4) is 0 Å². The first-order valence-corrected chi connectivity index (χ1v) is 9.72. The predicted octanol–water partition coefficient (Wildman–Crippen LogP) is 4.31. The number of para-hydroxylation sites is 1. The molecule has 2 unspecified atom stereocenters. The lowest BCUT2D eigenvalue weighted by atomic mass is 9.68. The van der Waals surface area contributed by atoms with E-state index in [0.717, 1.165) is 37.0 Å². The number of hydrogen-bond acceptors (Lipinski definition) is 4. The molecule has 2 atom stereocenters. The Balaban J connectivity index is 0.000000817. The van der Waals surface area contributed by atoms with Gasteiger partial charge in [-0.3, -0.25) is 0 Å². The zero-order valence-corrected chi connectivity index (χ0v) is 17.0. The summed E-state index contributed by atoms with van der Waals surface area (Å²) in [6, 6.07) is 16.3. The fourth-order valence-electron chi connectivity index (χ4n) is 3.98. The summed E-state index contributed by atoms with van der Waals surface area (Å²) in [5.41, 5.74) is 2.59. The van der Waals surface area contributed by atoms with Crippen molar-refractivity contribution >= 4 is 5.69 Å². The summed E-state index contributed by atoms with van der Waals surface area (Å²) in [5.74, 6) is 0.932. The third-order valence-corrected chi connectivity index (χ3v) is 5.26. The normalized spacial score (nSPS) is 21.8. The molecule has 1 fully saturated rings. The topological polar surface area (TPSA) is 52.9 Å². The van der Waals surface area contributed by atoms with Gasteiger partial charge in [0.25, 0.3) is 0 Å². The molecule has 0 aromatic heterocycles. The van der Waals surface area contributed by atoms with Crippen LogP contribution in [0.25, 0.3) is 0 Å². The van der Waals surface area contributed by atoms with Gasteiger partial charge in [0.05, 0.1) is 12.7 Å². The minimum absolute atomic E-state index is 0.109. The van der Waals surface area contributed by atoms with Gasteiger partial charge in [0, 0.05) is 32.3 Å². The van der Waals surface area contributed by atoms with E-state index in [9.17, 15) is 5.11 Å². The molecule has 2 aromatic carbocycles. The molecule has 27 heavy (non-hydrogen) atoms. The summed E-state index contributed by atoms with van der Waals surface area (Å²) in [4.78, 5) is 2.14. The first-order chi connectivity index (χ1) is 13.0. The molecular formula is C23H33NO3. The van der Waals surface area contributed by atoms with E-state index in [0.29, 0.717) is 0 Å². The van der Waals surface area contributed by atoms with Crippen LogP contribution >= 0.6 is 0 Å². The standard InChI is InChI=1S/C21H27NO2.C2H6O/c1-22(2)20-10-5-4-8-18(20)19-9-6-7-15-21(19,23)16-11-13-17(24-3)14-12-16;1-2-3/h4-5,8,10-14,19,23H,6-7,9,15H2,1-3H3;3H,2H2,1H3. The molecule has 1 aliphatic rings.